The van der Waals surface area contributed by atoms with E-state index in [9.17, 15) is 0 Å². The van der Waals surface area contributed by atoms with Crippen molar-refractivity contribution in [3.8, 4) is 23.0 Å². The minimum absolute atomic E-state index is 0. The van der Waals surface area contributed by atoms with Gasteiger partial charge in [0.25, 0.3) is 0 Å². The fourth-order valence-electron chi connectivity index (χ4n) is 6.55. The molecule has 0 amide bonds. The van der Waals surface area contributed by atoms with E-state index in [-0.39, 0.29) is 55.8 Å². The number of fused-ring (bicyclic) bond motifs is 2. The van der Waals surface area contributed by atoms with Crippen molar-refractivity contribution in [2.45, 2.75) is 76.3 Å². The van der Waals surface area contributed by atoms with E-state index in [2.05, 4.69) is 75.9 Å². The van der Waals surface area contributed by atoms with Gasteiger partial charge in [-0.1, -0.05) is 68.9 Å². The molecule has 0 aliphatic heterocycles. The average molecular weight is 633 g/mol. The molecule has 0 bridgehead atoms. The summed E-state index contributed by atoms with van der Waals surface area (Å²) in [4.78, 5) is 15.5. The molecule has 0 spiro atoms. The quantitative estimate of drug-likeness (QED) is 0.259. The largest absolute Gasteiger partial charge is 3.00 e. The monoisotopic (exact) mass is 631 g/mol. The van der Waals surface area contributed by atoms with Gasteiger partial charge in [0, 0.05) is 12.1 Å². The van der Waals surface area contributed by atoms with Gasteiger partial charge in [-0.25, -0.2) is 15.0 Å². The van der Waals surface area contributed by atoms with Crippen molar-refractivity contribution in [2.24, 2.45) is 0 Å². The Labute approximate surface area is 266 Å². The molecule has 0 saturated heterocycles. The number of hydrogen-bond acceptors (Lipinski definition) is 3. The molecule has 0 radical (unpaired) electrons. The summed E-state index contributed by atoms with van der Waals surface area (Å²) in [7, 11) is 0. The van der Waals surface area contributed by atoms with Crippen LogP contribution >= 0.6 is 0 Å². The first-order chi connectivity index (χ1) is 17.9. The maximum absolute atomic E-state index is 5.25. The van der Waals surface area contributed by atoms with Gasteiger partial charge in [0.05, 0.1) is 22.1 Å². The Morgan fingerprint density at radius 1 is 0.475 bits per heavy atom. The maximum Gasteiger partial charge on any atom is 3.00 e. The van der Waals surface area contributed by atoms with Crippen LogP contribution in [0.25, 0.3) is 45.1 Å². The first kappa shape index (κ1) is 32.5. The molecule has 40 heavy (non-hydrogen) atoms. The van der Waals surface area contributed by atoms with Gasteiger partial charge in [-0.05, 0) is 62.1 Å². The number of pyridine rings is 1. The van der Waals surface area contributed by atoms with Crippen LogP contribution < -0.4 is 37.2 Å². The normalized spacial score (nSPS) is 16.0. The molecule has 3 aromatic heterocycles. The van der Waals surface area contributed by atoms with E-state index < -0.39 is 0 Å². The Kier molecular flexibility index (Phi) is 11.6. The second kappa shape index (κ2) is 14.2. The summed E-state index contributed by atoms with van der Waals surface area (Å²) >= 11 is 0. The van der Waals surface area contributed by atoms with Gasteiger partial charge in [-0.3, -0.25) is 0 Å². The summed E-state index contributed by atoms with van der Waals surface area (Å²) in [5, 5.41) is 0. The molecule has 0 unspecified atom stereocenters. The van der Waals surface area contributed by atoms with Gasteiger partial charge in [-0.15, -0.1) is 0 Å². The zero-order valence-corrected chi connectivity index (χ0v) is 26.1. The van der Waals surface area contributed by atoms with Crippen LogP contribution in [0.4, 0.5) is 0 Å². The van der Waals surface area contributed by atoms with Crippen LogP contribution in [-0.2, 0) is 18.6 Å². The van der Waals surface area contributed by atoms with Crippen LogP contribution in [0.1, 0.15) is 76.3 Å². The van der Waals surface area contributed by atoms with Gasteiger partial charge in [0.1, 0.15) is 11.4 Å². The molecular formula is C31H33Cl3N5V. The first-order valence-electron chi connectivity index (χ1n) is 13.8. The average Bonchev–Trinajstić information content (AvgIpc) is 3.53. The molecule has 7 rings (SSSR count). The molecule has 2 saturated carbocycles. The molecule has 0 N–H and O–H groups in total. The van der Waals surface area contributed by atoms with Crippen molar-refractivity contribution in [3.63, 3.8) is 0 Å². The number of benzene rings is 2. The number of halogens is 3. The predicted molar refractivity (Wildman–Crippen MR) is 146 cm³/mol. The standard InChI is InChI=1S/C31H33N5.3ClH.V/c1-3-12-22(13-4-1)35-28-20-9-7-16-24(28)33-30(35)26-18-11-19-27(32-26)31-34-25-17-8-10-21-29(25)36(31)23-14-5-2-6-15-23;;;;/h7-11,16-23H,1-6,12-15H2;3*1H;/q;;;;+3/p-3. The number of imidazole rings is 2. The third-order valence-corrected chi connectivity index (χ3v) is 8.28. The topological polar surface area (TPSA) is 48.5 Å². The predicted octanol–water partition coefficient (Wildman–Crippen LogP) is -0.865. The van der Waals surface area contributed by atoms with Crippen molar-refractivity contribution in [1.29, 1.82) is 0 Å². The number of hydrogen-bond donors (Lipinski definition) is 0. The molecule has 9 heteroatoms. The van der Waals surface area contributed by atoms with Crippen molar-refractivity contribution in [2.75, 3.05) is 0 Å². The molecule has 2 aliphatic carbocycles. The van der Waals surface area contributed by atoms with E-state index in [0.717, 1.165) is 34.1 Å². The number of para-hydroxylation sites is 4. The summed E-state index contributed by atoms with van der Waals surface area (Å²) in [6, 6.07) is 24.5. The van der Waals surface area contributed by atoms with E-state index in [1.54, 1.807) is 0 Å². The van der Waals surface area contributed by atoms with Crippen molar-refractivity contribution < 1.29 is 55.8 Å². The van der Waals surface area contributed by atoms with Crippen LogP contribution in [0.2, 0.25) is 0 Å². The maximum atomic E-state index is 5.25. The summed E-state index contributed by atoms with van der Waals surface area (Å²) in [6.45, 7) is 0. The number of nitrogens with zero attached hydrogens (tertiary/aromatic N) is 5. The second-order valence-electron chi connectivity index (χ2n) is 10.6. The van der Waals surface area contributed by atoms with E-state index in [4.69, 9.17) is 15.0 Å². The van der Waals surface area contributed by atoms with Crippen molar-refractivity contribution in [3.05, 3.63) is 66.7 Å². The Hall–Kier alpha value is -2.02. The van der Waals surface area contributed by atoms with Crippen molar-refractivity contribution in [1.82, 2.24) is 24.1 Å². The van der Waals surface area contributed by atoms with Crippen LogP contribution in [-0.4, -0.2) is 24.1 Å². The third-order valence-electron chi connectivity index (χ3n) is 8.28. The Bertz CT molecular complexity index is 1430. The summed E-state index contributed by atoms with van der Waals surface area (Å²) < 4.78 is 4.95. The van der Waals surface area contributed by atoms with Gasteiger partial charge >= 0.3 is 18.6 Å². The van der Waals surface area contributed by atoms with Crippen LogP contribution in [0.15, 0.2) is 66.7 Å². The zero-order chi connectivity index (χ0) is 23.9. The number of aromatic nitrogens is 5. The molecule has 2 aliphatic rings. The van der Waals surface area contributed by atoms with Gasteiger partial charge in [0.2, 0.25) is 0 Å². The van der Waals surface area contributed by atoms with E-state index in [1.165, 1.54) is 75.2 Å². The number of rotatable bonds is 4. The Balaban J connectivity index is 0.00000110. The minimum atomic E-state index is 0. The van der Waals surface area contributed by atoms with Crippen LogP contribution in [0, 0.1) is 0 Å². The summed E-state index contributed by atoms with van der Waals surface area (Å²) in [6.07, 6.45) is 12.7. The Morgan fingerprint density at radius 2 is 0.875 bits per heavy atom. The Morgan fingerprint density at radius 3 is 1.30 bits per heavy atom. The van der Waals surface area contributed by atoms with E-state index in [0.29, 0.717) is 12.1 Å². The molecule has 208 valence electrons. The first-order valence-corrected chi connectivity index (χ1v) is 13.8. The van der Waals surface area contributed by atoms with Crippen LogP contribution in [0.3, 0.4) is 0 Å². The molecule has 0 atom stereocenters. The zero-order valence-electron chi connectivity index (χ0n) is 22.4. The van der Waals surface area contributed by atoms with E-state index >= 15 is 0 Å². The third kappa shape index (κ3) is 5.96. The molecular weight excluding hydrogens is 600 g/mol. The van der Waals surface area contributed by atoms with Gasteiger partial charge < -0.3 is 46.4 Å². The molecule has 2 fully saturated rings. The molecule has 5 aromatic rings. The fraction of sp³-hybridized carbons (Fsp3) is 0.387. The van der Waals surface area contributed by atoms with Gasteiger partial charge in [0.15, 0.2) is 11.6 Å². The van der Waals surface area contributed by atoms with Crippen LogP contribution in [0.5, 0.6) is 0 Å². The van der Waals surface area contributed by atoms with E-state index in [1.807, 2.05) is 0 Å². The molecule has 5 nitrogen and oxygen atoms in total. The molecule has 3 heterocycles. The SMILES string of the molecule is [Cl-].[Cl-].[Cl-].[V+3].c1cc(-c2nc3ccccc3n2C2CCCCC2)nc(-c2nc3ccccc3n2C2CCCCC2)c1. The fourth-order valence-corrected chi connectivity index (χ4v) is 6.55. The smallest absolute Gasteiger partial charge is 1.00 e. The summed E-state index contributed by atoms with van der Waals surface area (Å²) in [5.74, 6) is 1.98. The van der Waals surface area contributed by atoms with Gasteiger partial charge in [-0.2, -0.15) is 0 Å². The summed E-state index contributed by atoms with van der Waals surface area (Å²) in [5.41, 5.74) is 6.44. The van der Waals surface area contributed by atoms with Crippen molar-refractivity contribution >= 4 is 22.1 Å². The minimum Gasteiger partial charge on any atom is -1.00 e. The molecule has 2 aromatic carbocycles. The second-order valence-corrected chi connectivity index (χ2v) is 10.6.